The monoisotopic (exact) mass is 246 g/mol. The molecule has 0 spiro atoms. The summed E-state index contributed by atoms with van der Waals surface area (Å²) in [5.41, 5.74) is 0.898. The van der Waals surface area contributed by atoms with Crippen LogP contribution in [0.25, 0.3) is 0 Å². The van der Waals surface area contributed by atoms with E-state index in [2.05, 4.69) is 5.32 Å². The lowest BCUT2D eigenvalue weighted by molar-refractivity contribution is -0.121. The number of carbonyl (C=O) groups is 1. The number of ether oxygens (including phenoxy) is 1. The first-order chi connectivity index (χ1) is 8.79. The van der Waals surface area contributed by atoms with Crippen LogP contribution in [0.5, 0.6) is 5.75 Å². The Kier molecular flexibility index (Phi) is 2.96. The van der Waals surface area contributed by atoms with Crippen molar-refractivity contribution < 1.29 is 9.53 Å². The van der Waals surface area contributed by atoms with Crippen LogP contribution in [0.2, 0.25) is 0 Å². The normalized spacial score (nSPS) is 20.3. The maximum absolute atomic E-state index is 12.0. The summed E-state index contributed by atoms with van der Waals surface area (Å²) in [5.74, 6) is 1.58. The van der Waals surface area contributed by atoms with E-state index in [0.29, 0.717) is 6.04 Å². The van der Waals surface area contributed by atoms with E-state index in [-0.39, 0.29) is 12.5 Å². The molecule has 1 aromatic rings. The van der Waals surface area contributed by atoms with Gasteiger partial charge in [0, 0.05) is 12.6 Å². The quantitative estimate of drug-likeness (QED) is 0.873. The number of nitrogens with zero attached hydrogens (tertiary/aromatic N) is 1. The number of benzene rings is 1. The van der Waals surface area contributed by atoms with Gasteiger partial charge in [-0.15, -0.1) is 0 Å². The van der Waals surface area contributed by atoms with Crippen LogP contribution in [0, 0.1) is 5.92 Å². The van der Waals surface area contributed by atoms with Crippen molar-refractivity contribution in [2.75, 3.05) is 25.1 Å². The Hall–Kier alpha value is -1.55. The number of hydrogen-bond acceptors (Lipinski definition) is 3. The van der Waals surface area contributed by atoms with E-state index >= 15 is 0 Å². The molecule has 18 heavy (non-hydrogen) atoms. The standard InChI is InChI=1S/C14H18N2O2/c1-15-11(10-6-7-10)8-16-12-4-2-3-5-13(12)18-9-14(16)17/h2-5,10-11,15H,6-9H2,1H3. The number of amides is 1. The van der Waals surface area contributed by atoms with Gasteiger partial charge in [0.05, 0.1) is 5.69 Å². The van der Waals surface area contributed by atoms with E-state index in [9.17, 15) is 4.79 Å². The predicted octanol–water partition coefficient (Wildman–Crippen LogP) is 1.41. The lowest BCUT2D eigenvalue weighted by atomic mass is 10.1. The molecular weight excluding hydrogens is 228 g/mol. The largest absolute Gasteiger partial charge is 0.482 e. The second-order valence-corrected chi connectivity index (χ2v) is 4.99. The molecule has 1 saturated carbocycles. The minimum absolute atomic E-state index is 0.0506. The molecule has 1 unspecified atom stereocenters. The molecule has 1 fully saturated rings. The van der Waals surface area contributed by atoms with E-state index in [1.54, 1.807) is 0 Å². The van der Waals surface area contributed by atoms with Crippen LogP contribution in [0.3, 0.4) is 0 Å². The van der Waals surface area contributed by atoms with Crippen LogP contribution in [0.15, 0.2) is 24.3 Å². The Morgan fingerprint density at radius 1 is 1.44 bits per heavy atom. The molecule has 1 aromatic carbocycles. The molecule has 0 radical (unpaired) electrons. The molecule has 0 aromatic heterocycles. The van der Waals surface area contributed by atoms with E-state index in [4.69, 9.17) is 4.74 Å². The van der Waals surface area contributed by atoms with Crippen molar-refractivity contribution in [3.8, 4) is 5.75 Å². The highest BCUT2D eigenvalue weighted by atomic mass is 16.5. The van der Waals surface area contributed by atoms with Gasteiger partial charge in [-0.05, 0) is 37.9 Å². The molecule has 1 aliphatic heterocycles. The summed E-state index contributed by atoms with van der Waals surface area (Å²) >= 11 is 0. The zero-order valence-corrected chi connectivity index (χ0v) is 10.6. The summed E-state index contributed by atoms with van der Waals surface area (Å²) in [6.45, 7) is 0.887. The fourth-order valence-corrected chi connectivity index (χ4v) is 2.53. The Morgan fingerprint density at radius 3 is 2.94 bits per heavy atom. The lowest BCUT2D eigenvalue weighted by Crippen LogP contribution is -2.47. The van der Waals surface area contributed by atoms with Gasteiger partial charge in [0.25, 0.3) is 5.91 Å². The van der Waals surface area contributed by atoms with Crippen molar-refractivity contribution in [3.05, 3.63) is 24.3 Å². The van der Waals surface area contributed by atoms with Crippen molar-refractivity contribution in [2.24, 2.45) is 5.92 Å². The van der Waals surface area contributed by atoms with E-state index in [1.165, 1.54) is 12.8 Å². The van der Waals surface area contributed by atoms with Gasteiger partial charge in [0.2, 0.25) is 0 Å². The fraction of sp³-hybridized carbons (Fsp3) is 0.500. The summed E-state index contributed by atoms with van der Waals surface area (Å²) in [7, 11) is 1.97. The van der Waals surface area contributed by atoms with Crippen LogP contribution in [-0.4, -0.2) is 32.1 Å². The Morgan fingerprint density at radius 2 is 2.22 bits per heavy atom. The molecule has 1 aliphatic carbocycles. The molecule has 0 bridgehead atoms. The van der Waals surface area contributed by atoms with Gasteiger partial charge < -0.3 is 15.0 Å². The van der Waals surface area contributed by atoms with Crippen LogP contribution >= 0.6 is 0 Å². The molecule has 1 amide bonds. The fourth-order valence-electron chi connectivity index (χ4n) is 2.53. The van der Waals surface area contributed by atoms with Gasteiger partial charge in [-0.2, -0.15) is 0 Å². The second-order valence-electron chi connectivity index (χ2n) is 4.99. The molecule has 1 heterocycles. The number of carbonyl (C=O) groups excluding carboxylic acids is 1. The van der Waals surface area contributed by atoms with Crippen LogP contribution < -0.4 is 15.0 Å². The zero-order chi connectivity index (χ0) is 12.5. The average Bonchev–Trinajstić information content (AvgIpc) is 3.22. The van der Waals surface area contributed by atoms with Crippen molar-refractivity contribution >= 4 is 11.6 Å². The van der Waals surface area contributed by atoms with Crippen molar-refractivity contribution in [2.45, 2.75) is 18.9 Å². The summed E-state index contributed by atoms with van der Waals surface area (Å²) in [6.07, 6.45) is 2.54. The van der Waals surface area contributed by atoms with Crippen molar-refractivity contribution in [1.29, 1.82) is 0 Å². The number of fused-ring (bicyclic) bond motifs is 1. The molecule has 0 saturated heterocycles. The van der Waals surface area contributed by atoms with Gasteiger partial charge in [-0.25, -0.2) is 0 Å². The van der Waals surface area contributed by atoms with Gasteiger partial charge in [0.15, 0.2) is 6.61 Å². The van der Waals surface area contributed by atoms with Gasteiger partial charge in [0.1, 0.15) is 5.75 Å². The third-order valence-electron chi connectivity index (χ3n) is 3.75. The molecule has 2 aliphatic rings. The maximum Gasteiger partial charge on any atom is 0.265 e. The first-order valence-electron chi connectivity index (χ1n) is 6.49. The smallest absolute Gasteiger partial charge is 0.265 e. The first kappa shape index (κ1) is 11.5. The number of rotatable bonds is 4. The Balaban J connectivity index is 1.83. The minimum atomic E-state index is 0.0506. The molecule has 1 atom stereocenters. The van der Waals surface area contributed by atoms with Crippen LogP contribution in [0.1, 0.15) is 12.8 Å². The van der Waals surface area contributed by atoms with E-state index in [1.807, 2.05) is 36.2 Å². The van der Waals surface area contributed by atoms with Crippen molar-refractivity contribution in [1.82, 2.24) is 5.32 Å². The number of likely N-dealkylation sites (N-methyl/N-ethyl adjacent to an activating group) is 1. The summed E-state index contributed by atoms with van der Waals surface area (Å²) in [4.78, 5) is 13.9. The molecule has 3 rings (SSSR count). The van der Waals surface area contributed by atoms with Gasteiger partial charge >= 0.3 is 0 Å². The second kappa shape index (κ2) is 4.61. The maximum atomic E-state index is 12.0. The number of nitrogens with one attached hydrogen (secondary N) is 1. The number of anilines is 1. The van der Waals surface area contributed by atoms with Crippen LogP contribution in [0.4, 0.5) is 5.69 Å². The highest BCUT2D eigenvalue weighted by molar-refractivity contribution is 5.97. The van der Waals surface area contributed by atoms with Crippen molar-refractivity contribution in [3.63, 3.8) is 0 Å². The summed E-state index contributed by atoms with van der Waals surface area (Å²) in [5, 5.41) is 3.33. The Bertz CT molecular complexity index is 457. The molecule has 1 N–H and O–H groups in total. The number of hydrogen-bond donors (Lipinski definition) is 1. The third-order valence-corrected chi connectivity index (χ3v) is 3.75. The molecule has 4 heteroatoms. The summed E-state index contributed by atoms with van der Waals surface area (Å²) < 4.78 is 5.45. The van der Waals surface area contributed by atoms with Gasteiger partial charge in [-0.3, -0.25) is 4.79 Å². The van der Waals surface area contributed by atoms with Crippen LogP contribution in [-0.2, 0) is 4.79 Å². The topological polar surface area (TPSA) is 41.6 Å². The summed E-state index contributed by atoms with van der Waals surface area (Å²) in [6, 6.07) is 8.13. The first-order valence-corrected chi connectivity index (χ1v) is 6.49. The van der Waals surface area contributed by atoms with E-state index in [0.717, 1.165) is 23.9 Å². The molecule has 96 valence electrons. The zero-order valence-electron chi connectivity index (χ0n) is 10.6. The Labute approximate surface area is 107 Å². The molecule has 4 nitrogen and oxygen atoms in total. The molecular formula is C14H18N2O2. The third kappa shape index (κ3) is 2.08. The highest BCUT2D eigenvalue weighted by Crippen LogP contribution is 2.36. The van der Waals surface area contributed by atoms with Gasteiger partial charge in [-0.1, -0.05) is 12.1 Å². The number of para-hydroxylation sites is 2. The minimum Gasteiger partial charge on any atom is -0.482 e. The average molecular weight is 246 g/mol. The predicted molar refractivity (Wildman–Crippen MR) is 69.9 cm³/mol. The van der Waals surface area contributed by atoms with E-state index < -0.39 is 0 Å². The lowest BCUT2D eigenvalue weighted by Gasteiger charge is -2.32. The highest BCUT2D eigenvalue weighted by Gasteiger charge is 2.34. The SMILES string of the molecule is CNC(CN1C(=O)COc2ccccc21)C1CC1.